The van der Waals surface area contributed by atoms with Crippen molar-refractivity contribution in [1.82, 2.24) is 15.5 Å². The van der Waals surface area contributed by atoms with E-state index in [1.807, 2.05) is 6.92 Å². The van der Waals surface area contributed by atoms with Crippen LogP contribution in [0.15, 0.2) is 35.1 Å². The van der Waals surface area contributed by atoms with Gasteiger partial charge < -0.3 is 10.2 Å². The molecule has 1 aromatic carbocycles. The molecule has 1 atom stereocenters. The smallest absolute Gasteiger partial charge is 0.368 e. The van der Waals surface area contributed by atoms with E-state index in [0.29, 0.717) is 30.9 Å². The summed E-state index contributed by atoms with van der Waals surface area (Å²) in [7, 11) is 0. The zero-order chi connectivity index (χ0) is 17.3. The van der Waals surface area contributed by atoms with Gasteiger partial charge in [0.2, 0.25) is 0 Å². The number of anilines is 1. The number of nitrogens with zero attached hydrogens (tertiary/aromatic N) is 2. The number of aromatic amines is 1. The van der Waals surface area contributed by atoms with Crippen molar-refractivity contribution in [2.45, 2.75) is 19.1 Å². The maximum Gasteiger partial charge on any atom is 0.418 e. The lowest BCUT2D eigenvalue weighted by Crippen LogP contribution is -2.49. The molecule has 2 aromatic rings. The molecule has 1 aromatic heterocycles. The quantitative estimate of drug-likeness (QED) is 0.882. The van der Waals surface area contributed by atoms with E-state index in [-0.39, 0.29) is 11.7 Å². The summed E-state index contributed by atoms with van der Waals surface area (Å²) >= 11 is 0. The fourth-order valence-corrected chi connectivity index (χ4v) is 2.85. The zero-order valence-electron chi connectivity index (χ0n) is 13.0. The lowest BCUT2D eigenvalue weighted by Gasteiger charge is -2.35. The first-order chi connectivity index (χ1) is 11.3. The third-order valence-corrected chi connectivity index (χ3v) is 3.99. The van der Waals surface area contributed by atoms with E-state index in [4.69, 9.17) is 0 Å². The van der Waals surface area contributed by atoms with Gasteiger partial charge in [0.15, 0.2) is 0 Å². The van der Waals surface area contributed by atoms with Gasteiger partial charge in [-0.3, -0.25) is 4.79 Å². The second-order valence-corrected chi connectivity index (χ2v) is 5.84. The van der Waals surface area contributed by atoms with Crippen molar-refractivity contribution in [3.63, 3.8) is 0 Å². The van der Waals surface area contributed by atoms with E-state index in [1.54, 1.807) is 11.0 Å². The van der Waals surface area contributed by atoms with Crippen molar-refractivity contribution in [3.05, 3.63) is 46.2 Å². The van der Waals surface area contributed by atoms with Gasteiger partial charge in [0.05, 0.1) is 11.3 Å². The van der Waals surface area contributed by atoms with E-state index >= 15 is 0 Å². The molecule has 3 rings (SSSR count). The SMILES string of the molecule is C[C@@H]1CN(c2ccc(-c3ccc(=O)[nH]n3)cc2C(F)(F)F)CCN1. The molecule has 2 N–H and O–H groups in total. The van der Waals surface area contributed by atoms with Crippen LogP contribution in [0.2, 0.25) is 0 Å². The van der Waals surface area contributed by atoms with Crippen molar-refractivity contribution in [3.8, 4) is 11.3 Å². The number of hydrogen-bond acceptors (Lipinski definition) is 4. The van der Waals surface area contributed by atoms with Gasteiger partial charge in [0.25, 0.3) is 5.56 Å². The molecular formula is C16H17F3N4O. The van der Waals surface area contributed by atoms with Crippen molar-refractivity contribution in [2.24, 2.45) is 0 Å². The highest BCUT2D eigenvalue weighted by atomic mass is 19.4. The fourth-order valence-electron chi connectivity index (χ4n) is 2.85. The Labute approximate surface area is 136 Å². The molecule has 2 heterocycles. The summed E-state index contributed by atoms with van der Waals surface area (Å²) < 4.78 is 40.6. The van der Waals surface area contributed by atoms with Crippen molar-refractivity contribution >= 4 is 5.69 Å². The molecule has 0 aliphatic carbocycles. The number of aromatic nitrogens is 2. The number of hydrogen-bond donors (Lipinski definition) is 2. The van der Waals surface area contributed by atoms with E-state index in [9.17, 15) is 18.0 Å². The van der Waals surface area contributed by atoms with Gasteiger partial charge in [-0.05, 0) is 25.1 Å². The molecule has 0 saturated carbocycles. The average molecular weight is 338 g/mol. The second kappa shape index (κ2) is 6.27. The molecule has 1 aliphatic rings. The molecule has 0 radical (unpaired) electrons. The Morgan fingerprint density at radius 2 is 2.04 bits per heavy atom. The van der Waals surface area contributed by atoms with Gasteiger partial charge in [0.1, 0.15) is 0 Å². The van der Waals surface area contributed by atoms with Gasteiger partial charge in [-0.25, -0.2) is 5.10 Å². The number of rotatable bonds is 2. The molecule has 1 saturated heterocycles. The molecule has 5 nitrogen and oxygen atoms in total. The predicted molar refractivity (Wildman–Crippen MR) is 85.0 cm³/mol. The normalized spacial score (nSPS) is 18.7. The Morgan fingerprint density at radius 1 is 1.25 bits per heavy atom. The van der Waals surface area contributed by atoms with Crippen LogP contribution in [0, 0.1) is 0 Å². The Bertz CT molecular complexity index is 767. The standard InChI is InChI=1S/C16H17F3N4O/c1-10-9-23(7-6-20-10)14-4-2-11(8-12(14)16(17,18)19)13-3-5-15(24)22-21-13/h2-5,8,10,20H,6-7,9H2,1H3,(H,22,24)/t10-/m1/s1. The van der Waals surface area contributed by atoms with Crippen molar-refractivity contribution in [1.29, 1.82) is 0 Å². The third kappa shape index (κ3) is 3.43. The van der Waals surface area contributed by atoms with Crippen LogP contribution in [-0.4, -0.2) is 35.9 Å². The summed E-state index contributed by atoms with van der Waals surface area (Å²) in [6.07, 6.45) is -4.47. The first-order valence-electron chi connectivity index (χ1n) is 7.60. The van der Waals surface area contributed by atoms with E-state index in [2.05, 4.69) is 15.5 Å². The van der Waals surface area contributed by atoms with Crippen LogP contribution in [0.3, 0.4) is 0 Å². The summed E-state index contributed by atoms with van der Waals surface area (Å²) in [5.74, 6) is 0. The lowest BCUT2D eigenvalue weighted by molar-refractivity contribution is -0.137. The first-order valence-corrected chi connectivity index (χ1v) is 7.60. The topological polar surface area (TPSA) is 61.0 Å². The summed E-state index contributed by atoms with van der Waals surface area (Å²) in [6, 6.07) is 6.92. The molecule has 0 unspecified atom stereocenters. The maximum atomic E-state index is 13.5. The Hall–Kier alpha value is -2.35. The maximum absolute atomic E-state index is 13.5. The highest BCUT2D eigenvalue weighted by Gasteiger charge is 2.36. The van der Waals surface area contributed by atoms with Crippen molar-refractivity contribution in [2.75, 3.05) is 24.5 Å². The van der Waals surface area contributed by atoms with Gasteiger partial charge in [-0.1, -0.05) is 6.07 Å². The average Bonchev–Trinajstić information content (AvgIpc) is 2.54. The van der Waals surface area contributed by atoms with Gasteiger partial charge in [-0.2, -0.15) is 18.3 Å². The highest BCUT2D eigenvalue weighted by molar-refractivity contribution is 5.67. The van der Waals surface area contributed by atoms with E-state index in [0.717, 1.165) is 6.07 Å². The monoisotopic (exact) mass is 338 g/mol. The number of alkyl halides is 3. The van der Waals surface area contributed by atoms with E-state index < -0.39 is 17.3 Å². The lowest BCUT2D eigenvalue weighted by atomic mass is 10.0. The van der Waals surface area contributed by atoms with Crippen LogP contribution in [0.25, 0.3) is 11.3 Å². The zero-order valence-corrected chi connectivity index (χ0v) is 13.0. The highest BCUT2D eigenvalue weighted by Crippen LogP contribution is 2.39. The summed E-state index contributed by atoms with van der Waals surface area (Å²) in [6.45, 7) is 3.61. The number of benzene rings is 1. The van der Waals surface area contributed by atoms with Crippen LogP contribution < -0.4 is 15.8 Å². The first kappa shape index (κ1) is 16.5. The number of H-pyrrole nitrogens is 1. The molecule has 0 bridgehead atoms. The summed E-state index contributed by atoms with van der Waals surface area (Å²) in [5, 5.41) is 9.25. The Kier molecular flexibility index (Phi) is 4.31. The third-order valence-electron chi connectivity index (χ3n) is 3.99. The van der Waals surface area contributed by atoms with Crippen LogP contribution in [0.4, 0.5) is 18.9 Å². The molecule has 8 heteroatoms. The Balaban J connectivity index is 2.04. The molecule has 1 fully saturated rings. The minimum absolute atomic E-state index is 0.125. The summed E-state index contributed by atoms with van der Waals surface area (Å²) in [5.41, 5.74) is -0.321. The van der Waals surface area contributed by atoms with Crippen LogP contribution in [0.1, 0.15) is 12.5 Å². The Morgan fingerprint density at radius 3 is 2.67 bits per heavy atom. The fraction of sp³-hybridized carbons (Fsp3) is 0.375. The largest absolute Gasteiger partial charge is 0.418 e. The number of halogens is 3. The molecule has 1 aliphatic heterocycles. The predicted octanol–water partition coefficient (Wildman–Crippen LogP) is 2.25. The molecular weight excluding hydrogens is 321 g/mol. The molecule has 128 valence electrons. The van der Waals surface area contributed by atoms with Crippen LogP contribution >= 0.6 is 0 Å². The molecule has 0 spiro atoms. The summed E-state index contributed by atoms with van der Waals surface area (Å²) in [4.78, 5) is 12.8. The number of piperazine rings is 1. The minimum Gasteiger partial charge on any atom is -0.368 e. The minimum atomic E-state index is -4.47. The van der Waals surface area contributed by atoms with Gasteiger partial charge in [0, 0.05) is 43.0 Å². The molecule has 24 heavy (non-hydrogen) atoms. The van der Waals surface area contributed by atoms with Crippen LogP contribution in [-0.2, 0) is 6.18 Å². The van der Waals surface area contributed by atoms with Gasteiger partial charge >= 0.3 is 6.18 Å². The van der Waals surface area contributed by atoms with Crippen LogP contribution in [0.5, 0.6) is 0 Å². The second-order valence-electron chi connectivity index (χ2n) is 5.84. The van der Waals surface area contributed by atoms with E-state index in [1.165, 1.54) is 18.2 Å². The van der Waals surface area contributed by atoms with Crippen molar-refractivity contribution < 1.29 is 13.2 Å². The molecule has 0 amide bonds. The number of nitrogens with one attached hydrogen (secondary N) is 2. The van der Waals surface area contributed by atoms with Gasteiger partial charge in [-0.15, -0.1) is 0 Å².